The third kappa shape index (κ3) is 6.49. The van der Waals surface area contributed by atoms with Crippen molar-refractivity contribution < 1.29 is 35.6 Å². The number of carbonyl (C=O) groups is 2. The summed E-state index contributed by atoms with van der Waals surface area (Å²) in [5.74, 6) is -5.96. The van der Waals surface area contributed by atoms with E-state index in [9.17, 15) is 35.6 Å². The molecule has 2 rings (SSSR count). The standard InChI is InChI=1S/C19H19F4N3O4S/c1-2-26(11-17(27)25-19-14(21)4-3-5-15(19)22)18(28)8-9-24-31(29,30)12-6-7-13(20)16(23)10-12/h3-7,10,24H,2,8-9,11H2,1H3,(H,25,27). The molecule has 0 fully saturated rings. The van der Waals surface area contributed by atoms with Crippen molar-refractivity contribution in [2.24, 2.45) is 0 Å². The number of sulfonamides is 1. The molecule has 0 heterocycles. The van der Waals surface area contributed by atoms with Crippen molar-refractivity contribution >= 4 is 27.5 Å². The van der Waals surface area contributed by atoms with Gasteiger partial charge in [-0.2, -0.15) is 0 Å². The monoisotopic (exact) mass is 461 g/mol. The molecule has 0 saturated heterocycles. The van der Waals surface area contributed by atoms with E-state index in [2.05, 4.69) is 4.72 Å². The van der Waals surface area contributed by atoms with Crippen LogP contribution >= 0.6 is 0 Å². The van der Waals surface area contributed by atoms with E-state index >= 15 is 0 Å². The highest BCUT2D eigenvalue weighted by atomic mass is 32.2. The van der Waals surface area contributed by atoms with E-state index in [1.807, 2.05) is 5.32 Å². The smallest absolute Gasteiger partial charge is 0.244 e. The van der Waals surface area contributed by atoms with Crippen LogP contribution in [-0.4, -0.2) is 44.8 Å². The molecule has 0 aliphatic heterocycles. The second-order valence-electron chi connectivity index (χ2n) is 6.28. The lowest BCUT2D eigenvalue weighted by molar-refractivity contribution is -0.134. The number of hydrogen-bond acceptors (Lipinski definition) is 4. The molecule has 7 nitrogen and oxygen atoms in total. The molecular weight excluding hydrogens is 442 g/mol. The Hall–Kier alpha value is -2.99. The van der Waals surface area contributed by atoms with E-state index in [-0.39, 0.29) is 19.5 Å². The zero-order valence-corrected chi connectivity index (χ0v) is 17.1. The van der Waals surface area contributed by atoms with Crippen LogP contribution in [0.2, 0.25) is 0 Å². The highest BCUT2D eigenvalue weighted by molar-refractivity contribution is 7.89. The molecular formula is C19H19F4N3O4S. The molecule has 0 unspecified atom stereocenters. The molecule has 0 bridgehead atoms. The number of nitrogens with zero attached hydrogens (tertiary/aromatic N) is 1. The Morgan fingerprint density at radius 2 is 1.61 bits per heavy atom. The summed E-state index contributed by atoms with van der Waals surface area (Å²) in [6, 6.07) is 5.08. The molecule has 0 aliphatic carbocycles. The maximum absolute atomic E-state index is 13.6. The first kappa shape index (κ1) is 24.3. The van der Waals surface area contributed by atoms with Gasteiger partial charge in [0.1, 0.15) is 17.3 Å². The molecule has 0 aromatic heterocycles. The molecule has 0 atom stereocenters. The van der Waals surface area contributed by atoms with Gasteiger partial charge >= 0.3 is 0 Å². The molecule has 168 valence electrons. The Morgan fingerprint density at radius 1 is 0.968 bits per heavy atom. The number of amides is 2. The number of likely N-dealkylation sites (N-methyl/N-ethyl adjacent to an activating group) is 1. The van der Waals surface area contributed by atoms with Crippen molar-refractivity contribution in [1.29, 1.82) is 0 Å². The van der Waals surface area contributed by atoms with E-state index < -0.39 is 62.2 Å². The first-order valence-electron chi connectivity index (χ1n) is 9.01. The van der Waals surface area contributed by atoms with Gasteiger partial charge in [-0.3, -0.25) is 9.59 Å². The van der Waals surface area contributed by atoms with Crippen LogP contribution < -0.4 is 10.0 Å². The third-order valence-electron chi connectivity index (χ3n) is 4.13. The van der Waals surface area contributed by atoms with E-state index in [1.54, 1.807) is 6.92 Å². The predicted molar refractivity (Wildman–Crippen MR) is 103 cm³/mol. The average molecular weight is 461 g/mol. The van der Waals surface area contributed by atoms with Gasteiger partial charge in [-0.05, 0) is 37.3 Å². The van der Waals surface area contributed by atoms with Gasteiger partial charge in [0.15, 0.2) is 11.6 Å². The van der Waals surface area contributed by atoms with Gasteiger partial charge in [0.05, 0.1) is 11.4 Å². The minimum Gasteiger partial charge on any atom is -0.334 e. The fraction of sp³-hybridized carbons (Fsp3) is 0.263. The van der Waals surface area contributed by atoms with E-state index in [1.165, 1.54) is 0 Å². The largest absolute Gasteiger partial charge is 0.334 e. The van der Waals surface area contributed by atoms with Crippen molar-refractivity contribution in [3.63, 3.8) is 0 Å². The van der Waals surface area contributed by atoms with Gasteiger partial charge in [0.25, 0.3) is 0 Å². The Bertz CT molecular complexity index is 1060. The van der Waals surface area contributed by atoms with Crippen molar-refractivity contribution in [3.8, 4) is 0 Å². The number of para-hydroxylation sites is 1. The highest BCUT2D eigenvalue weighted by Crippen LogP contribution is 2.18. The number of halogens is 4. The molecule has 2 aromatic rings. The molecule has 2 N–H and O–H groups in total. The quantitative estimate of drug-likeness (QED) is 0.561. The summed E-state index contributed by atoms with van der Waals surface area (Å²) in [6.45, 7) is 0.738. The van der Waals surface area contributed by atoms with Crippen LogP contribution in [-0.2, 0) is 19.6 Å². The van der Waals surface area contributed by atoms with E-state index in [0.29, 0.717) is 12.1 Å². The van der Waals surface area contributed by atoms with Gasteiger partial charge in [-0.25, -0.2) is 30.7 Å². The number of anilines is 1. The summed E-state index contributed by atoms with van der Waals surface area (Å²) in [5, 5.41) is 2.05. The number of hydrogen-bond donors (Lipinski definition) is 2. The predicted octanol–water partition coefficient (Wildman–Crippen LogP) is 2.40. The summed E-state index contributed by atoms with van der Waals surface area (Å²) in [6.07, 6.45) is -0.349. The zero-order chi connectivity index (χ0) is 23.2. The molecule has 31 heavy (non-hydrogen) atoms. The van der Waals surface area contributed by atoms with Crippen molar-refractivity contribution in [2.75, 3.05) is 25.0 Å². The maximum atomic E-state index is 13.6. The topological polar surface area (TPSA) is 95.6 Å². The minimum atomic E-state index is -4.19. The Labute approximate surface area is 176 Å². The molecule has 0 radical (unpaired) electrons. The second kappa shape index (κ2) is 10.4. The van der Waals surface area contributed by atoms with Crippen LogP contribution in [0.15, 0.2) is 41.3 Å². The van der Waals surface area contributed by atoms with E-state index in [0.717, 1.165) is 29.2 Å². The summed E-state index contributed by atoms with van der Waals surface area (Å²) >= 11 is 0. The number of carbonyl (C=O) groups excluding carboxylic acids is 2. The minimum absolute atomic E-state index is 0.0714. The van der Waals surface area contributed by atoms with Gasteiger partial charge in [0.2, 0.25) is 21.8 Å². The van der Waals surface area contributed by atoms with Crippen molar-refractivity contribution in [1.82, 2.24) is 9.62 Å². The van der Waals surface area contributed by atoms with Gasteiger partial charge < -0.3 is 10.2 Å². The fourth-order valence-electron chi connectivity index (χ4n) is 2.52. The summed E-state index contributed by atoms with van der Waals surface area (Å²) in [7, 11) is -4.19. The van der Waals surface area contributed by atoms with Gasteiger partial charge in [0, 0.05) is 19.5 Å². The lowest BCUT2D eigenvalue weighted by Gasteiger charge is -2.20. The zero-order valence-electron chi connectivity index (χ0n) is 16.3. The first-order chi connectivity index (χ1) is 14.5. The van der Waals surface area contributed by atoms with Crippen LogP contribution in [0.3, 0.4) is 0 Å². The number of benzene rings is 2. The van der Waals surface area contributed by atoms with E-state index in [4.69, 9.17) is 0 Å². The average Bonchev–Trinajstić information content (AvgIpc) is 2.70. The lowest BCUT2D eigenvalue weighted by atomic mass is 10.3. The Kier molecular flexibility index (Phi) is 8.11. The van der Waals surface area contributed by atoms with Crippen LogP contribution in [0.5, 0.6) is 0 Å². The van der Waals surface area contributed by atoms with Crippen LogP contribution in [0, 0.1) is 23.3 Å². The molecule has 0 aliphatic rings. The molecule has 0 saturated carbocycles. The fourth-order valence-corrected chi connectivity index (χ4v) is 3.57. The number of nitrogens with one attached hydrogen (secondary N) is 2. The Morgan fingerprint density at radius 3 is 2.19 bits per heavy atom. The molecule has 2 amide bonds. The summed E-state index contributed by atoms with van der Waals surface area (Å²) < 4.78 is 79.7. The van der Waals surface area contributed by atoms with Crippen LogP contribution in [0.25, 0.3) is 0 Å². The van der Waals surface area contributed by atoms with Gasteiger partial charge in [-0.1, -0.05) is 6.07 Å². The maximum Gasteiger partial charge on any atom is 0.244 e. The molecule has 12 heteroatoms. The lowest BCUT2D eigenvalue weighted by Crippen LogP contribution is -2.39. The van der Waals surface area contributed by atoms with Crippen LogP contribution in [0.4, 0.5) is 23.2 Å². The number of rotatable bonds is 9. The van der Waals surface area contributed by atoms with Crippen molar-refractivity contribution in [2.45, 2.75) is 18.2 Å². The molecule has 2 aromatic carbocycles. The van der Waals surface area contributed by atoms with Crippen LogP contribution in [0.1, 0.15) is 13.3 Å². The summed E-state index contributed by atoms with van der Waals surface area (Å²) in [4.78, 5) is 24.9. The Balaban J connectivity index is 1.92. The first-order valence-corrected chi connectivity index (χ1v) is 10.5. The van der Waals surface area contributed by atoms with Crippen molar-refractivity contribution in [3.05, 3.63) is 59.7 Å². The SMILES string of the molecule is CCN(CC(=O)Nc1c(F)cccc1F)C(=O)CCNS(=O)(=O)c1ccc(F)c(F)c1. The highest BCUT2D eigenvalue weighted by Gasteiger charge is 2.20. The normalized spacial score (nSPS) is 11.3. The second-order valence-corrected chi connectivity index (χ2v) is 8.04. The van der Waals surface area contributed by atoms with Gasteiger partial charge in [-0.15, -0.1) is 0 Å². The third-order valence-corrected chi connectivity index (χ3v) is 5.59. The summed E-state index contributed by atoms with van der Waals surface area (Å²) in [5.41, 5.74) is -0.643. The molecule has 0 spiro atoms.